The molecule has 0 saturated carbocycles. The molecule has 0 aliphatic carbocycles. The van der Waals surface area contributed by atoms with Crippen molar-refractivity contribution in [3.63, 3.8) is 0 Å². The lowest BCUT2D eigenvalue weighted by atomic mass is 9.98. The molecule has 1 aliphatic heterocycles. The maximum absolute atomic E-state index is 12.1. The van der Waals surface area contributed by atoms with Gasteiger partial charge in [0.2, 0.25) is 0 Å². The van der Waals surface area contributed by atoms with Crippen LogP contribution in [0.15, 0.2) is 12.1 Å². The molecule has 1 saturated heterocycles. The summed E-state index contributed by atoms with van der Waals surface area (Å²) in [5.74, 6) is 0.203. The van der Waals surface area contributed by atoms with Gasteiger partial charge in [0.15, 0.2) is 5.78 Å². The van der Waals surface area contributed by atoms with Gasteiger partial charge in [-0.15, -0.1) is 11.3 Å². The Kier molecular flexibility index (Phi) is 4.20. The van der Waals surface area contributed by atoms with Crippen LogP contribution in [-0.4, -0.2) is 41.0 Å². The molecule has 4 heteroatoms. The molecule has 1 aromatic heterocycles. The molecule has 0 aromatic carbocycles. The number of likely N-dealkylation sites (tertiary alicyclic amines) is 1. The lowest BCUT2D eigenvalue weighted by Gasteiger charge is -2.21. The third kappa shape index (κ3) is 3.64. The Balaban J connectivity index is 1.91. The fraction of sp³-hybridized carbons (Fsp3) is 0.643. The number of carbonyl (C=O) groups is 1. The van der Waals surface area contributed by atoms with Crippen LogP contribution in [0.1, 0.15) is 40.7 Å². The summed E-state index contributed by atoms with van der Waals surface area (Å²) in [6.45, 7) is 6.11. The molecule has 1 aliphatic rings. The Morgan fingerprint density at radius 2 is 2.22 bits per heavy atom. The zero-order valence-corrected chi connectivity index (χ0v) is 11.9. The molecule has 1 fully saturated rings. The summed E-state index contributed by atoms with van der Waals surface area (Å²) in [6, 6.07) is 3.90. The van der Waals surface area contributed by atoms with Crippen molar-refractivity contribution in [2.24, 2.45) is 0 Å². The van der Waals surface area contributed by atoms with Crippen molar-refractivity contribution in [2.45, 2.75) is 38.7 Å². The number of nitrogens with zero attached hydrogens (tertiary/aromatic N) is 1. The number of thiophene rings is 1. The molecular weight excluding hydrogens is 246 g/mol. The van der Waals surface area contributed by atoms with Crippen LogP contribution in [0.5, 0.6) is 0 Å². The number of hydrogen-bond acceptors (Lipinski definition) is 4. The van der Waals surface area contributed by atoms with Crippen molar-refractivity contribution >= 4 is 17.1 Å². The second-order valence-electron chi connectivity index (χ2n) is 5.46. The molecule has 0 amide bonds. The van der Waals surface area contributed by atoms with E-state index in [0.29, 0.717) is 6.54 Å². The van der Waals surface area contributed by atoms with Crippen molar-refractivity contribution in [3.8, 4) is 0 Å². The highest BCUT2D eigenvalue weighted by molar-refractivity contribution is 7.14. The number of ketones is 1. The van der Waals surface area contributed by atoms with Gasteiger partial charge in [0.1, 0.15) is 0 Å². The third-order valence-electron chi connectivity index (χ3n) is 3.54. The van der Waals surface area contributed by atoms with E-state index in [4.69, 9.17) is 0 Å². The number of aliphatic hydroxyl groups is 1. The Morgan fingerprint density at radius 3 is 2.89 bits per heavy atom. The van der Waals surface area contributed by atoms with E-state index in [9.17, 15) is 9.90 Å². The summed E-state index contributed by atoms with van der Waals surface area (Å²) in [6.07, 6.45) is 2.54. The number of carbonyl (C=O) groups excluding carboxylic acids is 1. The van der Waals surface area contributed by atoms with Crippen molar-refractivity contribution < 1.29 is 9.90 Å². The van der Waals surface area contributed by atoms with Crippen LogP contribution in [-0.2, 0) is 0 Å². The summed E-state index contributed by atoms with van der Waals surface area (Å²) in [4.78, 5) is 16.3. The highest BCUT2D eigenvalue weighted by Crippen LogP contribution is 2.22. The summed E-state index contributed by atoms with van der Waals surface area (Å²) in [5.41, 5.74) is -0.558. The standard InChI is InChI=1S/C14H21NO2S/c1-11-4-5-13(18-11)12(16)10-15-8-3-6-14(2,17)7-9-15/h4-5,17H,3,6-10H2,1-2H3. The Bertz CT molecular complexity index is 425. The first kappa shape index (κ1) is 13.7. The molecule has 1 N–H and O–H groups in total. The Labute approximate surface area is 112 Å². The Hall–Kier alpha value is -0.710. The first-order valence-electron chi connectivity index (χ1n) is 6.51. The molecule has 2 heterocycles. The number of aryl methyl sites for hydroxylation is 1. The van der Waals surface area contributed by atoms with E-state index in [1.807, 2.05) is 26.0 Å². The van der Waals surface area contributed by atoms with Gasteiger partial charge in [-0.05, 0) is 51.8 Å². The third-order valence-corrected chi connectivity index (χ3v) is 4.58. The van der Waals surface area contributed by atoms with Crippen LogP contribution in [0.25, 0.3) is 0 Å². The van der Waals surface area contributed by atoms with E-state index < -0.39 is 5.60 Å². The van der Waals surface area contributed by atoms with Crippen LogP contribution in [0.3, 0.4) is 0 Å². The van der Waals surface area contributed by atoms with Crippen LogP contribution in [0.2, 0.25) is 0 Å². The minimum atomic E-state index is -0.558. The largest absolute Gasteiger partial charge is 0.390 e. The number of Topliss-reactive ketones (excluding diaryl/α,β-unsaturated/α-hetero) is 1. The molecular formula is C14H21NO2S. The summed E-state index contributed by atoms with van der Waals surface area (Å²) in [5, 5.41) is 10.0. The predicted octanol–water partition coefficient (Wildman–Crippen LogP) is 2.48. The van der Waals surface area contributed by atoms with E-state index in [1.165, 1.54) is 4.88 Å². The quantitative estimate of drug-likeness (QED) is 0.855. The normalized spacial score (nSPS) is 25.9. The van der Waals surface area contributed by atoms with E-state index >= 15 is 0 Å². The van der Waals surface area contributed by atoms with Gasteiger partial charge in [-0.3, -0.25) is 9.69 Å². The van der Waals surface area contributed by atoms with Crippen molar-refractivity contribution in [3.05, 3.63) is 21.9 Å². The number of rotatable bonds is 3. The minimum Gasteiger partial charge on any atom is -0.390 e. The smallest absolute Gasteiger partial charge is 0.186 e. The molecule has 1 aromatic rings. The van der Waals surface area contributed by atoms with Gasteiger partial charge in [0, 0.05) is 11.4 Å². The second kappa shape index (κ2) is 5.51. The van der Waals surface area contributed by atoms with Gasteiger partial charge in [0.05, 0.1) is 17.0 Å². The van der Waals surface area contributed by atoms with Crippen LogP contribution >= 0.6 is 11.3 Å². The highest BCUT2D eigenvalue weighted by atomic mass is 32.1. The molecule has 1 unspecified atom stereocenters. The fourth-order valence-corrected chi connectivity index (χ4v) is 3.14. The van der Waals surface area contributed by atoms with Crippen LogP contribution < -0.4 is 0 Å². The molecule has 100 valence electrons. The average molecular weight is 267 g/mol. The van der Waals surface area contributed by atoms with E-state index in [1.54, 1.807) is 11.3 Å². The van der Waals surface area contributed by atoms with Gasteiger partial charge >= 0.3 is 0 Å². The first-order chi connectivity index (χ1) is 8.46. The minimum absolute atomic E-state index is 0.203. The van der Waals surface area contributed by atoms with Crippen molar-refractivity contribution in [1.82, 2.24) is 4.90 Å². The molecule has 1 atom stereocenters. The van der Waals surface area contributed by atoms with Crippen molar-refractivity contribution in [2.75, 3.05) is 19.6 Å². The maximum atomic E-state index is 12.1. The van der Waals surface area contributed by atoms with Gasteiger partial charge in [-0.2, -0.15) is 0 Å². The zero-order valence-electron chi connectivity index (χ0n) is 11.1. The molecule has 0 spiro atoms. The Morgan fingerprint density at radius 1 is 1.44 bits per heavy atom. The van der Waals surface area contributed by atoms with Crippen LogP contribution in [0.4, 0.5) is 0 Å². The fourth-order valence-electron chi connectivity index (χ4n) is 2.34. The zero-order chi connectivity index (χ0) is 13.2. The molecule has 18 heavy (non-hydrogen) atoms. The maximum Gasteiger partial charge on any atom is 0.186 e. The van der Waals surface area contributed by atoms with Crippen molar-refractivity contribution in [1.29, 1.82) is 0 Å². The summed E-state index contributed by atoms with van der Waals surface area (Å²) >= 11 is 1.56. The molecule has 3 nitrogen and oxygen atoms in total. The number of hydrogen-bond donors (Lipinski definition) is 1. The van der Waals surface area contributed by atoms with Gasteiger partial charge in [-0.1, -0.05) is 0 Å². The van der Waals surface area contributed by atoms with Gasteiger partial charge < -0.3 is 5.11 Å². The van der Waals surface area contributed by atoms with E-state index in [0.717, 1.165) is 37.2 Å². The lowest BCUT2D eigenvalue weighted by Crippen LogP contribution is -2.32. The van der Waals surface area contributed by atoms with Gasteiger partial charge in [0.25, 0.3) is 0 Å². The van der Waals surface area contributed by atoms with Gasteiger partial charge in [-0.25, -0.2) is 0 Å². The second-order valence-corrected chi connectivity index (χ2v) is 6.75. The summed E-state index contributed by atoms with van der Waals surface area (Å²) in [7, 11) is 0. The lowest BCUT2D eigenvalue weighted by molar-refractivity contribution is 0.0444. The molecule has 0 bridgehead atoms. The topological polar surface area (TPSA) is 40.5 Å². The van der Waals surface area contributed by atoms with Crippen LogP contribution in [0, 0.1) is 6.92 Å². The predicted molar refractivity (Wildman–Crippen MR) is 74.3 cm³/mol. The average Bonchev–Trinajstić information content (AvgIpc) is 2.65. The first-order valence-corrected chi connectivity index (χ1v) is 7.32. The SMILES string of the molecule is Cc1ccc(C(=O)CN2CCCC(C)(O)CC2)s1. The highest BCUT2D eigenvalue weighted by Gasteiger charge is 2.25. The molecule has 0 radical (unpaired) electrons. The van der Waals surface area contributed by atoms with E-state index in [2.05, 4.69) is 4.90 Å². The van der Waals surface area contributed by atoms with E-state index in [-0.39, 0.29) is 5.78 Å². The monoisotopic (exact) mass is 267 g/mol. The molecule has 2 rings (SSSR count). The summed E-state index contributed by atoms with van der Waals surface area (Å²) < 4.78 is 0.